The molecule has 1 rings (SSSR count). The van der Waals surface area contributed by atoms with E-state index in [4.69, 9.17) is 0 Å². The van der Waals surface area contributed by atoms with Gasteiger partial charge >= 0.3 is 0 Å². The highest BCUT2D eigenvalue weighted by molar-refractivity contribution is 14.1. The summed E-state index contributed by atoms with van der Waals surface area (Å²) in [6.45, 7) is 0. The number of thiazole rings is 1. The Morgan fingerprint density at radius 1 is 1.78 bits per heavy atom. The molecular weight excluding hydrogens is 317 g/mol. The van der Waals surface area contributed by atoms with Gasteiger partial charge in [0.2, 0.25) is 0 Å². The molecule has 0 spiro atoms. The minimum atomic E-state index is 0.645. The van der Waals surface area contributed by atoms with Crippen LogP contribution in [0.3, 0.4) is 0 Å². The van der Waals surface area contributed by atoms with Crippen molar-refractivity contribution in [1.82, 2.24) is 4.98 Å². The maximum atomic E-state index is 10.2. The summed E-state index contributed by atoms with van der Waals surface area (Å²) in [5, 5.41) is 0. The number of carbonyl (C=O) groups is 1. The zero-order valence-corrected chi connectivity index (χ0v) is 8.66. The Morgan fingerprint density at radius 2 is 2.44 bits per heavy atom. The minimum absolute atomic E-state index is 0.645. The molecule has 1 aromatic heterocycles. The number of nitrogens with zero attached hydrogens (tertiary/aromatic N) is 1. The lowest BCUT2D eigenvalue weighted by Gasteiger charge is -1.74. The summed E-state index contributed by atoms with van der Waals surface area (Å²) in [6, 6.07) is 0. The van der Waals surface area contributed by atoms with Crippen LogP contribution in [-0.4, -0.2) is 11.3 Å². The van der Waals surface area contributed by atoms with Gasteiger partial charge in [-0.25, -0.2) is 4.98 Å². The van der Waals surface area contributed by atoms with Crippen molar-refractivity contribution in [2.45, 2.75) is 0 Å². The lowest BCUT2D eigenvalue weighted by atomic mass is 10.6. The highest BCUT2D eigenvalue weighted by Crippen LogP contribution is 2.22. The van der Waals surface area contributed by atoms with Crippen LogP contribution >= 0.6 is 49.9 Å². The molecule has 0 saturated heterocycles. The highest BCUT2D eigenvalue weighted by Gasteiger charge is 2.03. The second kappa shape index (κ2) is 3.07. The highest BCUT2D eigenvalue weighted by atomic mass is 127. The number of hydrogen-bond acceptors (Lipinski definition) is 3. The molecule has 0 radical (unpaired) electrons. The summed E-state index contributed by atoms with van der Waals surface area (Å²) < 4.78 is 1.52. The lowest BCUT2D eigenvalue weighted by molar-refractivity contribution is 0.112. The van der Waals surface area contributed by atoms with E-state index in [1.807, 2.05) is 0 Å². The van der Waals surface area contributed by atoms with Crippen molar-refractivity contribution in [2.24, 2.45) is 0 Å². The zero-order valence-electron chi connectivity index (χ0n) is 4.10. The van der Waals surface area contributed by atoms with E-state index in [0.29, 0.717) is 9.48 Å². The predicted molar refractivity (Wildman–Crippen MR) is 47.9 cm³/mol. The van der Waals surface area contributed by atoms with Crippen LogP contribution in [0.4, 0.5) is 0 Å². The molecule has 0 N–H and O–H groups in total. The van der Waals surface area contributed by atoms with E-state index in [1.54, 1.807) is 0 Å². The number of halogens is 2. The molecule has 0 aromatic carbocycles. The molecule has 1 heterocycles. The Bertz CT molecular complexity index is 236. The van der Waals surface area contributed by atoms with Crippen LogP contribution in [0.15, 0.2) is 4.60 Å². The maximum Gasteiger partial charge on any atom is 0.162 e. The first-order chi connectivity index (χ1) is 4.24. The van der Waals surface area contributed by atoms with Crippen LogP contribution in [0.2, 0.25) is 0 Å². The van der Waals surface area contributed by atoms with E-state index in [-0.39, 0.29) is 0 Å². The van der Waals surface area contributed by atoms with Crippen LogP contribution in [-0.2, 0) is 0 Å². The summed E-state index contributed by atoms with van der Waals surface area (Å²) in [4.78, 5) is 14.8. The van der Waals surface area contributed by atoms with Gasteiger partial charge in [0.25, 0.3) is 0 Å². The molecule has 5 heteroatoms. The number of aldehydes is 1. The second-order valence-corrected chi connectivity index (χ2v) is 4.78. The molecule has 0 fully saturated rings. The summed E-state index contributed by atoms with van der Waals surface area (Å²) in [6.07, 6.45) is 0.796. The maximum absolute atomic E-state index is 10.2. The van der Waals surface area contributed by atoms with Gasteiger partial charge in [-0.05, 0) is 38.5 Å². The van der Waals surface area contributed by atoms with Crippen molar-refractivity contribution in [1.29, 1.82) is 0 Å². The van der Waals surface area contributed by atoms with Gasteiger partial charge in [0.15, 0.2) is 9.30 Å². The van der Waals surface area contributed by atoms with Crippen molar-refractivity contribution in [3.05, 3.63) is 12.5 Å². The number of carbonyl (C=O) groups excluding carboxylic acids is 1. The van der Waals surface area contributed by atoms with Gasteiger partial charge < -0.3 is 0 Å². The summed E-state index contributed by atoms with van der Waals surface area (Å²) in [7, 11) is 0. The standard InChI is InChI=1S/C4HBrINOS/c5-3-2(1-8)9-4(6)7-3/h1H. The largest absolute Gasteiger partial charge is 0.297 e. The third kappa shape index (κ3) is 1.71. The average molecular weight is 318 g/mol. The Kier molecular flexibility index (Phi) is 2.59. The van der Waals surface area contributed by atoms with E-state index in [2.05, 4.69) is 43.5 Å². The molecule has 0 aliphatic heterocycles. The van der Waals surface area contributed by atoms with Crippen LogP contribution in [0.25, 0.3) is 0 Å². The summed E-state index contributed by atoms with van der Waals surface area (Å²) in [5.41, 5.74) is 0. The van der Waals surface area contributed by atoms with Crippen LogP contribution in [0.1, 0.15) is 9.67 Å². The molecule has 0 unspecified atom stereocenters. The van der Waals surface area contributed by atoms with E-state index >= 15 is 0 Å². The fraction of sp³-hybridized carbons (Fsp3) is 0. The predicted octanol–water partition coefficient (Wildman–Crippen LogP) is 2.32. The van der Waals surface area contributed by atoms with Gasteiger partial charge in [-0.15, -0.1) is 11.3 Å². The molecule has 0 amide bonds. The first-order valence-corrected chi connectivity index (χ1v) is 4.70. The molecule has 2 nitrogen and oxygen atoms in total. The van der Waals surface area contributed by atoms with E-state index in [9.17, 15) is 4.79 Å². The van der Waals surface area contributed by atoms with E-state index in [1.165, 1.54) is 11.3 Å². The molecule has 48 valence electrons. The normalized spacial score (nSPS) is 9.56. The van der Waals surface area contributed by atoms with Crippen LogP contribution < -0.4 is 0 Å². The van der Waals surface area contributed by atoms with Crippen molar-refractivity contribution in [3.8, 4) is 0 Å². The Hall–Kier alpha value is 0.510. The molecule has 0 bridgehead atoms. The van der Waals surface area contributed by atoms with Gasteiger partial charge in [0.05, 0.1) is 0 Å². The zero-order chi connectivity index (χ0) is 6.85. The molecule has 9 heavy (non-hydrogen) atoms. The second-order valence-electron chi connectivity index (χ2n) is 1.24. The third-order valence-electron chi connectivity index (χ3n) is 0.691. The fourth-order valence-electron chi connectivity index (χ4n) is 0.361. The number of aromatic nitrogens is 1. The van der Waals surface area contributed by atoms with Crippen molar-refractivity contribution < 1.29 is 4.79 Å². The minimum Gasteiger partial charge on any atom is -0.297 e. The quantitative estimate of drug-likeness (QED) is 0.588. The molecule has 0 saturated carbocycles. The van der Waals surface area contributed by atoms with Crippen LogP contribution in [0.5, 0.6) is 0 Å². The van der Waals surface area contributed by atoms with E-state index < -0.39 is 0 Å². The number of hydrogen-bond donors (Lipinski definition) is 0. The van der Waals surface area contributed by atoms with E-state index in [0.717, 1.165) is 9.30 Å². The lowest BCUT2D eigenvalue weighted by Crippen LogP contribution is -1.70. The topological polar surface area (TPSA) is 30.0 Å². The monoisotopic (exact) mass is 317 g/mol. The fourth-order valence-corrected chi connectivity index (χ4v) is 2.77. The SMILES string of the molecule is O=Cc1sc(I)nc1Br. The molecule has 0 aliphatic carbocycles. The average Bonchev–Trinajstić information content (AvgIpc) is 2.10. The summed E-state index contributed by atoms with van der Waals surface area (Å²) >= 11 is 6.58. The van der Waals surface area contributed by atoms with Gasteiger partial charge in [0.1, 0.15) is 9.48 Å². The van der Waals surface area contributed by atoms with Gasteiger partial charge in [-0.2, -0.15) is 0 Å². The smallest absolute Gasteiger partial charge is 0.162 e. The van der Waals surface area contributed by atoms with Gasteiger partial charge in [-0.3, -0.25) is 4.79 Å². The van der Waals surface area contributed by atoms with Crippen molar-refractivity contribution >= 4 is 56.1 Å². The number of rotatable bonds is 1. The Labute approximate surface area is 77.9 Å². The van der Waals surface area contributed by atoms with Crippen molar-refractivity contribution in [3.63, 3.8) is 0 Å². The molecule has 0 atom stereocenters. The molecule has 1 aromatic rings. The molecular formula is C4HBrINOS. The van der Waals surface area contributed by atoms with Gasteiger partial charge in [-0.1, -0.05) is 0 Å². The third-order valence-corrected chi connectivity index (χ3v) is 3.23. The molecule has 0 aliphatic rings. The first-order valence-electron chi connectivity index (χ1n) is 2.01. The van der Waals surface area contributed by atoms with Crippen molar-refractivity contribution in [2.75, 3.05) is 0 Å². The van der Waals surface area contributed by atoms with Gasteiger partial charge in [0, 0.05) is 0 Å². The summed E-state index contributed by atoms with van der Waals surface area (Å²) in [5.74, 6) is 0. The van der Waals surface area contributed by atoms with Crippen LogP contribution in [0, 0.1) is 3.01 Å². The Morgan fingerprint density at radius 3 is 2.67 bits per heavy atom. The first kappa shape index (κ1) is 7.62. The Balaban J connectivity index is 3.15.